The molecule has 1 N–H and O–H groups in total. The number of carbonyl (C=O) groups is 1. The van der Waals surface area contributed by atoms with Crippen molar-refractivity contribution in [2.24, 2.45) is 4.99 Å². The first kappa shape index (κ1) is 17.5. The summed E-state index contributed by atoms with van der Waals surface area (Å²) in [5.41, 5.74) is 4.04. The normalized spacial score (nSPS) is 12.2. The van der Waals surface area contributed by atoms with E-state index in [0.29, 0.717) is 11.5 Å². The molecule has 2 aromatic rings. The van der Waals surface area contributed by atoms with Crippen molar-refractivity contribution in [3.05, 3.63) is 53.1 Å². The third-order valence-corrected chi connectivity index (χ3v) is 3.54. The second-order valence-corrected chi connectivity index (χ2v) is 5.56. The Bertz CT molecular complexity index is 768. The summed E-state index contributed by atoms with van der Waals surface area (Å²) in [6.07, 6.45) is 0.790. The highest BCUT2D eigenvalue weighted by Gasteiger charge is 2.15. The number of hydrogen-bond donors (Lipinski definition) is 1. The van der Waals surface area contributed by atoms with Crippen LogP contribution < -0.4 is 9.47 Å². The molecule has 126 valence electrons. The van der Waals surface area contributed by atoms with E-state index in [4.69, 9.17) is 14.6 Å². The molecule has 0 spiro atoms. The number of aryl methyl sites for hydroxylation is 2. The highest BCUT2D eigenvalue weighted by atomic mass is 16.5. The first-order valence-electron chi connectivity index (χ1n) is 7.59. The van der Waals surface area contributed by atoms with E-state index < -0.39 is 12.1 Å². The SMILES string of the molecule is COc1cc(C=Nc2ccc(C)cc2C)ccc1O[C@@H](C)C(=O)O. The minimum absolute atomic E-state index is 0.385. The molecule has 0 fully saturated rings. The van der Waals surface area contributed by atoms with E-state index in [0.717, 1.165) is 16.8 Å². The van der Waals surface area contributed by atoms with Gasteiger partial charge < -0.3 is 14.6 Å². The molecule has 0 saturated carbocycles. The molecule has 0 heterocycles. The molecule has 0 amide bonds. The fourth-order valence-corrected chi connectivity index (χ4v) is 2.20. The summed E-state index contributed by atoms with van der Waals surface area (Å²) in [7, 11) is 1.51. The fourth-order valence-electron chi connectivity index (χ4n) is 2.20. The zero-order valence-electron chi connectivity index (χ0n) is 14.2. The van der Waals surface area contributed by atoms with Crippen LogP contribution in [0.1, 0.15) is 23.6 Å². The van der Waals surface area contributed by atoms with Crippen molar-refractivity contribution in [2.75, 3.05) is 7.11 Å². The van der Waals surface area contributed by atoms with E-state index in [-0.39, 0.29) is 0 Å². The van der Waals surface area contributed by atoms with Crippen LogP contribution in [0, 0.1) is 13.8 Å². The number of rotatable bonds is 6. The van der Waals surface area contributed by atoms with Crippen LogP contribution in [-0.4, -0.2) is 30.5 Å². The first-order valence-corrected chi connectivity index (χ1v) is 7.59. The number of ether oxygens (including phenoxy) is 2. The van der Waals surface area contributed by atoms with Gasteiger partial charge in [0, 0.05) is 6.21 Å². The Morgan fingerprint density at radius 1 is 1.17 bits per heavy atom. The lowest BCUT2D eigenvalue weighted by Gasteiger charge is -2.14. The minimum Gasteiger partial charge on any atom is -0.493 e. The zero-order chi connectivity index (χ0) is 17.7. The van der Waals surface area contributed by atoms with Crippen molar-refractivity contribution in [1.29, 1.82) is 0 Å². The number of aliphatic imine (C=N–C) groups is 1. The predicted octanol–water partition coefficient (Wildman–Crippen LogP) is 3.91. The lowest BCUT2D eigenvalue weighted by atomic mass is 10.1. The number of benzene rings is 2. The second-order valence-electron chi connectivity index (χ2n) is 5.56. The van der Waals surface area contributed by atoms with Crippen molar-refractivity contribution >= 4 is 17.9 Å². The summed E-state index contributed by atoms with van der Waals surface area (Å²) in [6.45, 7) is 5.53. The predicted molar refractivity (Wildman–Crippen MR) is 93.9 cm³/mol. The Kier molecular flexibility index (Phi) is 5.58. The molecule has 5 nitrogen and oxygen atoms in total. The average molecular weight is 327 g/mol. The van der Waals surface area contributed by atoms with Gasteiger partial charge in [0.05, 0.1) is 12.8 Å². The molecular weight excluding hydrogens is 306 g/mol. The van der Waals surface area contributed by atoms with E-state index in [1.807, 2.05) is 26.0 Å². The van der Waals surface area contributed by atoms with Crippen LogP contribution in [0.5, 0.6) is 11.5 Å². The van der Waals surface area contributed by atoms with Crippen LogP contribution in [0.4, 0.5) is 5.69 Å². The first-order chi connectivity index (χ1) is 11.4. The summed E-state index contributed by atoms with van der Waals surface area (Å²) >= 11 is 0. The maximum Gasteiger partial charge on any atom is 0.344 e. The fraction of sp³-hybridized carbons (Fsp3) is 0.263. The summed E-state index contributed by atoms with van der Waals surface area (Å²) in [5.74, 6) is -0.179. The number of methoxy groups -OCH3 is 1. The van der Waals surface area contributed by atoms with Gasteiger partial charge in [0.15, 0.2) is 17.6 Å². The maximum atomic E-state index is 10.9. The van der Waals surface area contributed by atoms with Crippen LogP contribution in [-0.2, 0) is 4.79 Å². The van der Waals surface area contributed by atoms with E-state index in [1.165, 1.54) is 19.6 Å². The van der Waals surface area contributed by atoms with Gasteiger partial charge in [-0.3, -0.25) is 4.99 Å². The molecule has 2 rings (SSSR count). The van der Waals surface area contributed by atoms with Gasteiger partial charge in [0.1, 0.15) is 0 Å². The standard InChI is InChI=1S/C19H21NO4/c1-12-5-7-16(13(2)9-12)20-11-15-6-8-17(18(10-15)23-4)24-14(3)19(21)22/h5-11,14H,1-4H3,(H,21,22)/t14-/m0/s1. The monoisotopic (exact) mass is 327 g/mol. The third-order valence-electron chi connectivity index (χ3n) is 3.54. The molecule has 0 aliphatic heterocycles. The molecule has 0 aliphatic rings. The minimum atomic E-state index is -1.03. The number of nitrogens with zero attached hydrogens (tertiary/aromatic N) is 1. The zero-order valence-corrected chi connectivity index (χ0v) is 14.2. The van der Waals surface area contributed by atoms with Gasteiger partial charge in [-0.1, -0.05) is 17.7 Å². The van der Waals surface area contributed by atoms with Crippen molar-refractivity contribution < 1.29 is 19.4 Å². The molecule has 0 radical (unpaired) electrons. The number of carboxylic acid groups (broad SMARTS) is 1. The molecule has 5 heteroatoms. The van der Waals surface area contributed by atoms with Crippen LogP contribution in [0.15, 0.2) is 41.4 Å². The Morgan fingerprint density at radius 3 is 2.54 bits per heavy atom. The molecular formula is C19H21NO4. The summed E-state index contributed by atoms with van der Waals surface area (Å²) in [6, 6.07) is 11.3. The summed E-state index contributed by atoms with van der Waals surface area (Å²) in [5, 5.41) is 8.93. The third kappa shape index (κ3) is 4.35. The molecule has 0 aromatic heterocycles. The average Bonchev–Trinajstić information content (AvgIpc) is 2.54. The van der Waals surface area contributed by atoms with Crippen LogP contribution in [0.25, 0.3) is 0 Å². The van der Waals surface area contributed by atoms with Crippen LogP contribution >= 0.6 is 0 Å². The molecule has 0 saturated heterocycles. The molecule has 0 aliphatic carbocycles. The van der Waals surface area contributed by atoms with Crippen molar-refractivity contribution in [3.63, 3.8) is 0 Å². The van der Waals surface area contributed by atoms with Crippen molar-refractivity contribution in [1.82, 2.24) is 0 Å². The Labute approximate surface area is 141 Å². The second kappa shape index (κ2) is 7.64. The van der Waals surface area contributed by atoms with Crippen molar-refractivity contribution in [3.8, 4) is 11.5 Å². The number of aliphatic carboxylic acids is 1. The van der Waals surface area contributed by atoms with E-state index in [1.54, 1.807) is 24.4 Å². The number of carboxylic acids is 1. The number of hydrogen-bond acceptors (Lipinski definition) is 4. The maximum absolute atomic E-state index is 10.9. The van der Waals surface area contributed by atoms with Crippen molar-refractivity contribution in [2.45, 2.75) is 26.9 Å². The van der Waals surface area contributed by atoms with E-state index in [2.05, 4.69) is 11.1 Å². The molecule has 1 atom stereocenters. The summed E-state index contributed by atoms with van der Waals surface area (Å²) < 4.78 is 10.7. The Balaban J connectivity index is 2.22. The highest BCUT2D eigenvalue weighted by Crippen LogP contribution is 2.29. The van der Waals surface area contributed by atoms with Gasteiger partial charge in [0.2, 0.25) is 0 Å². The van der Waals surface area contributed by atoms with Gasteiger partial charge >= 0.3 is 5.97 Å². The van der Waals surface area contributed by atoms with Gasteiger partial charge in [-0.15, -0.1) is 0 Å². The molecule has 0 unspecified atom stereocenters. The quantitative estimate of drug-likeness (QED) is 0.817. The van der Waals surface area contributed by atoms with E-state index in [9.17, 15) is 4.79 Å². The Morgan fingerprint density at radius 2 is 1.92 bits per heavy atom. The van der Waals surface area contributed by atoms with Gasteiger partial charge in [-0.25, -0.2) is 4.79 Å². The smallest absolute Gasteiger partial charge is 0.344 e. The highest BCUT2D eigenvalue weighted by molar-refractivity contribution is 5.83. The van der Waals surface area contributed by atoms with Gasteiger partial charge in [-0.05, 0) is 56.2 Å². The lowest BCUT2D eigenvalue weighted by Crippen LogP contribution is -2.23. The molecule has 24 heavy (non-hydrogen) atoms. The van der Waals surface area contributed by atoms with Crippen LogP contribution in [0.2, 0.25) is 0 Å². The van der Waals surface area contributed by atoms with Gasteiger partial charge in [-0.2, -0.15) is 0 Å². The van der Waals surface area contributed by atoms with Crippen LogP contribution in [0.3, 0.4) is 0 Å². The topological polar surface area (TPSA) is 68.1 Å². The lowest BCUT2D eigenvalue weighted by molar-refractivity contribution is -0.144. The molecule has 0 bridgehead atoms. The molecule has 2 aromatic carbocycles. The van der Waals surface area contributed by atoms with Gasteiger partial charge in [0.25, 0.3) is 0 Å². The Hall–Kier alpha value is -2.82. The largest absolute Gasteiger partial charge is 0.493 e. The summed E-state index contributed by atoms with van der Waals surface area (Å²) in [4.78, 5) is 15.4. The van der Waals surface area contributed by atoms with E-state index >= 15 is 0 Å².